The summed E-state index contributed by atoms with van der Waals surface area (Å²) in [5.41, 5.74) is 1.79. The number of nitrogens with one attached hydrogen (secondary N) is 1. The molecule has 2 rings (SSSR count). The first-order valence-corrected chi connectivity index (χ1v) is 8.53. The highest BCUT2D eigenvalue weighted by Crippen LogP contribution is 2.30. The van der Waals surface area contributed by atoms with Gasteiger partial charge in [-0.25, -0.2) is 0 Å². The second-order valence-corrected chi connectivity index (χ2v) is 7.18. The molecule has 0 unspecified atom stereocenters. The van der Waals surface area contributed by atoms with Crippen LogP contribution in [0, 0.1) is 12.3 Å². The lowest BCUT2D eigenvalue weighted by atomic mass is 9.89. The number of para-hydroxylation sites is 1. The molecule has 2 amide bonds. The second-order valence-electron chi connectivity index (χ2n) is 7.18. The highest BCUT2D eigenvalue weighted by atomic mass is 16.5. The van der Waals surface area contributed by atoms with Crippen molar-refractivity contribution in [3.8, 4) is 0 Å². The van der Waals surface area contributed by atoms with E-state index in [2.05, 4.69) is 19.2 Å². The molecule has 1 N–H and O–H groups in total. The standard InChI is InChI=1S/C19H28N2O3/c1-13(2)15-8-6-7-14(3)16(15)20-17(22)19(4,5)18(23)21-9-11-24-12-10-21/h6-8,13H,9-12H2,1-5H3,(H,20,22). The van der Waals surface area contributed by atoms with Gasteiger partial charge in [0.05, 0.1) is 13.2 Å². The average molecular weight is 332 g/mol. The molecular weight excluding hydrogens is 304 g/mol. The van der Waals surface area contributed by atoms with Gasteiger partial charge in [-0.05, 0) is 37.8 Å². The van der Waals surface area contributed by atoms with E-state index in [1.54, 1.807) is 18.7 Å². The van der Waals surface area contributed by atoms with Crippen molar-refractivity contribution < 1.29 is 14.3 Å². The molecule has 24 heavy (non-hydrogen) atoms. The Labute approximate surface area is 144 Å². The van der Waals surface area contributed by atoms with Crippen LogP contribution in [-0.2, 0) is 14.3 Å². The summed E-state index contributed by atoms with van der Waals surface area (Å²) in [7, 11) is 0. The lowest BCUT2D eigenvalue weighted by molar-refractivity contribution is -0.149. The highest BCUT2D eigenvalue weighted by molar-refractivity contribution is 6.10. The fraction of sp³-hybridized carbons (Fsp3) is 0.579. The summed E-state index contributed by atoms with van der Waals surface area (Å²) in [5.74, 6) is -0.128. The van der Waals surface area contributed by atoms with E-state index in [1.165, 1.54) is 0 Å². The number of hydrogen-bond acceptors (Lipinski definition) is 3. The average Bonchev–Trinajstić information content (AvgIpc) is 2.56. The number of nitrogens with zero attached hydrogens (tertiary/aromatic N) is 1. The molecule has 5 nitrogen and oxygen atoms in total. The zero-order valence-corrected chi connectivity index (χ0v) is 15.3. The SMILES string of the molecule is Cc1cccc(C(C)C)c1NC(=O)C(C)(C)C(=O)N1CCOCC1. The number of carbonyl (C=O) groups is 2. The monoisotopic (exact) mass is 332 g/mol. The van der Waals surface area contributed by atoms with Crippen molar-refractivity contribution in [3.05, 3.63) is 29.3 Å². The van der Waals surface area contributed by atoms with Gasteiger partial charge in [-0.15, -0.1) is 0 Å². The Hall–Kier alpha value is -1.88. The number of amides is 2. The van der Waals surface area contributed by atoms with Crippen molar-refractivity contribution in [1.29, 1.82) is 0 Å². The van der Waals surface area contributed by atoms with E-state index in [4.69, 9.17) is 4.74 Å². The molecule has 0 atom stereocenters. The van der Waals surface area contributed by atoms with Crippen LogP contribution < -0.4 is 5.32 Å². The van der Waals surface area contributed by atoms with Gasteiger partial charge in [-0.2, -0.15) is 0 Å². The maximum atomic E-state index is 12.9. The van der Waals surface area contributed by atoms with E-state index in [1.807, 2.05) is 25.1 Å². The summed E-state index contributed by atoms with van der Waals surface area (Å²) in [6, 6.07) is 5.98. The van der Waals surface area contributed by atoms with Crippen molar-refractivity contribution in [3.63, 3.8) is 0 Å². The maximum Gasteiger partial charge on any atom is 0.239 e. The number of ether oxygens (including phenoxy) is 1. The number of rotatable bonds is 4. The maximum absolute atomic E-state index is 12.9. The van der Waals surface area contributed by atoms with Gasteiger partial charge in [0, 0.05) is 18.8 Å². The molecule has 132 valence electrons. The first-order chi connectivity index (χ1) is 11.2. The van der Waals surface area contributed by atoms with Crippen molar-refractivity contribution in [1.82, 2.24) is 4.90 Å². The summed E-state index contributed by atoms with van der Waals surface area (Å²) < 4.78 is 5.28. The Bertz CT molecular complexity index is 617. The molecule has 0 saturated carbocycles. The van der Waals surface area contributed by atoms with E-state index >= 15 is 0 Å². The van der Waals surface area contributed by atoms with Crippen LogP contribution in [0.1, 0.15) is 44.7 Å². The van der Waals surface area contributed by atoms with Crippen LogP contribution in [0.4, 0.5) is 5.69 Å². The van der Waals surface area contributed by atoms with E-state index in [9.17, 15) is 9.59 Å². The summed E-state index contributed by atoms with van der Waals surface area (Å²) in [6.45, 7) is 11.7. The van der Waals surface area contributed by atoms with E-state index in [-0.39, 0.29) is 11.8 Å². The molecule has 0 aromatic heterocycles. The molecule has 1 aliphatic rings. The Morgan fingerprint density at radius 2 is 1.83 bits per heavy atom. The Morgan fingerprint density at radius 1 is 1.21 bits per heavy atom. The fourth-order valence-electron chi connectivity index (χ4n) is 2.87. The normalized spacial score (nSPS) is 15.5. The fourth-order valence-corrected chi connectivity index (χ4v) is 2.87. The molecular formula is C19H28N2O3. The number of benzene rings is 1. The number of hydrogen-bond donors (Lipinski definition) is 1. The van der Waals surface area contributed by atoms with E-state index < -0.39 is 5.41 Å². The predicted octanol–water partition coefficient (Wildman–Crippen LogP) is 2.94. The largest absolute Gasteiger partial charge is 0.378 e. The van der Waals surface area contributed by atoms with Crippen molar-refractivity contribution in [2.24, 2.45) is 5.41 Å². The van der Waals surface area contributed by atoms with Crippen LogP contribution in [0.25, 0.3) is 0 Å². The van der Waals surface area contributed by atoms with Gasteiger partial charge in [0.25, 0.3) is 0 Å². The lowest BCUT2D eigenvalue weighted by Crippen LogP contribution is -2.51. The minimum atomic E-state index is -1.12. The van der Waals surface area contributed by atoms with E-state index in [0.717, 1.165) is 16.8 Å². The van der Waals surface area contributed by atoms with Crippen LogP contribution in [0.3, 0.4) is 0 Å². The van der Waals surface area contributed by atoms with Crippen LogP contribution in [0.15, 0.2) is 18.2 Å². The van der Waals surface area contributed by atoms with Gasteiger partial charge in [-0.1, -0.05) is 32.0 Å². The third kappa shape index (κ3) is 3.78. The van der Waals surface area contributed by atoms with Crippen molar-refractivity contribution in [2.75, 3.05) is 31.6 Å². The van der Waals surface area contributed by atoms with Crippen molar-refractivity contribution in [2.45, 2.75) is 40.5 Å². The zero-order chi connectivity index (χ0) is 17.9. The predicted molar refractivity (Wildman–Crippen MR) is 95.1 cm³/mol. The summed E-state index contributed by atoms with van der Waals surface area (Å²) in [4.78, 5) is 27.3. The molecule has 0 radical (unpaired) electrons. The van der Waals surface area contributed by atoms with Crippen LogP contribution in [0.5, 0.6) is 0 Å². The quantitative estimate of drug-likeness (QED) is 0.863. The van der Waals surface area contributed by atoms with Gasteiger partial charge in [0.1, 0.15) is 5.41 Å². The van der Waals surface area contributed by atoms with Crippen LogP contribution in [-0.4, -0.2) is 43.0 Å². The van der Waals surface area contributed by atoms with Gasteiger partial charge in [-0.3, -0.25) is 9.59 Å². The van der Waals surface area contributed by atoms with Crippen LogP contribution >= 0.6 is 0 Å². The third-order valence-electron chi connectivity index (χ3n) is 4.57. The smallest absolute Gasteiger partial charge is 0.239 e. The second kappa shape index (κ2) is 7.34. The van der Waals surface area contributed by atoms with Gasteiger partial charge in [0.2, 0.25) is 11.8 Å². The van der Waals surface area contributed by atoms with Crippen molar-refractivity contribution >= 4 is 17.5 Å². The lowest BCUT2D eigenvalue weighted by Gasteiger charge is -2.33. The topological polar surface area (TPSA) is 58.6 Å². The first kappa shape index (κ1) is 18.5. The highest BCUT2D eigenvalue weighted by Gasteiger charge is 2.40. The Kier molecular flexibility index (Phi) is 5.65. The van der Waals surface area contributed by atoms with E-state index in [0.29, 0.717) is 32.2 Å². The Balaban J connectivity index is 2.20. The molecule has 0 spiro atoms. The summed E-state index contributed by atoms with van der Waals surface area (Å²) in [6.07, 6.45) is 0. The summed E-state index contributed by atoms with van der Waals surface area (Å²) in [5, 5.41) is 3.00. The van der Waals surface area contributed by atoms with Gasteiger partial charge >= 0.3 is 0 Å². The molecule has 1 aromatic carbocycles. The number of aryl methyl sites for hydroxylation is 1. The van der Waals surface area contributed by atoms with Crippen LogP contribution in [0.2, 0.25) is 0 Å². The molecule has 1 aromatic rings. The molecule has 1 aliphatic heterocycles. The van der Waals surface area contributed by atoms with Gasteiger partial charge in [0.15, 0.2) is 0 Å². The first-order valence-electron chi connectivity index (χ1n) is 8.53. The Morgan fingerprint density at radius 3 is 2.42 bits per heavy atom. The third-order valence-corrected chi connectivity index (χ3v) is 4.57. The number of anilines is 1. The number of morpholine rings is 1. The van der Waals surface area contributed by atoms with Gasteiger partial charge < -0.3 is 15.0 Å². The molecule has 1 heterocycles. The molecule has 1 saturated heterocycles. The molecule has 0 aliphatic carbocycles. The minimum absolute atomic E-state index is 0.150. The summed E-state index contributed by atoms with van der Waals surface area (Å²) >= 11 is 0. The molecule has 5 heteroatoms. The molecule has 0 bridgehead atoms. The number of carbonyl (C=O) groups excluding carboxylic acids is 2. The minimum Gasteiger partial charge on any atom is -0.378 e. The molecule has 1 fully saturated rings. The zero-order valence-electron chi connectivity index (χ0n) is 15.3.